The molecule has 1 atom stereocenters. The molecule has 0 spiro atoms. The number of nitrogens with zero attached hydrogens (tertiary/aromatic N) is 1. The monoisotopic (exact) mass is 416 g/mol. The molecule has 1 saturated heterocycles. The highest BCUT2D eigenvalue weighted by Crippen LogP contribution is 2.28. The quantitative estimate of drug-likeness (QED) is 0.555. The van der Waals surface area contributed by atoms with Crippen LogP contribution in [0.1, 0.15) is 12.0 Å². The van der Waals surface area contributed by atoms with Gasteiger partial charge in [-0.3, -0.25) is 14.4 Å². The Balaban J connectivity index is 1.47. The van der Waals surface area contributed by atoms with Gasteiger partial charge < -0.3 is 15.0 Å². The Kier molecular flexibility index (Phi) is 6.87. The first kappa shape index (κ1) is 20.9. The fraction of sp³-hybridized carbons (Fsp3) is 0.286. The van der Waals surface area contributed by atoms with Gasteiger partial charge in [0.15, 0.2) is 6.61 Å². The number of rotatable bonds is 7. The molecule has 0 saturated carbocycles. The number of amides is 2. The number of thioether (sulfide) groups is 1. The molecule has 2 aromatic carbocycles. The molecule has 1 fully saturated rings. The maximum atomic E-state index is 12.9. The van der Waals surface area contributed by atoms with E-state index >= 15 is 0 Å². The van der Waals surface area contributed by atoms with Crippen molar-refractivity contribution in [3.05, 3.63) is 59.9 Å². The van der Waals surface area contributed by atoms with E-state index in [0.29, 0.717) is 0 Å². The number of halogens is 1. The minimum Gasteiger partial charge on any atom is -0.455 e. The Morgan fingerprint density at radius 1 is 1.24 bits per heavy atom. The third kappa shape index (κ3) is 5.57. The molecule has 0 aliphatic carbocycles. The Morgan fingerprint density at radius 3 is 2.72 bits per heavy atom. The van der Waals surface area contributed by atoms with Crippen LogP contribution < -0.4 is 10.2 Å². The topological polar surface area (TPSA) is 75.7 Å². The van der Waals surface area contributed by atoms with Crippen LogP contribution in [-0.4, -0.2) is 37.2 Å². The lowest BCUT2D eigenvalue weighted by Gasteiger charge is -2.17. The molecule has 0 unspecified atom stereocenters. The number of esters is 1. The van der Waals surface area contributed by atoms with Gasteiger partial charge in [0.05, 0.1) is 5.92 Å². The molecule has 1 N–H and O–H groups in total. The summed E-state index contributed by atoms with van der Waals surface area (Å²) < 4.78 is 17.9. The summed E-state index contributed by atoms with van der Waals surface area (Å²) >= 11 is 1.57. The van der Waals surface area contributed by atoms with Crippen molar-refractivity contribution < 1.29 is 23.5 Å². The van der Waals surface area contributed by atoms with Gasteiger partial charge in [0, 0.05) is 30.1 Å². The van der Waals surface area contributed by atoms with Gasteiger partial charge in [-0.2, -0.15) is 0 Å². The van der Waals surface area contributed by atoms with Crippen LogP contribution in [0.4, 0.5) is 10.1 Å². The number of anilines is 1. The second-order valence-corrected chi connectivity index (χ2v) is 7.50. The zero-order chi connectivity index (χ0) is 20.8. The average Bonchev–Trinajstić information content (AvgIpc) is 3.13. The molecular weight excluding hydrogens is 395 g/mol. The maximum Gasteiger partial charge on any atom is 0.311 e. The van der Waals surface area contributed by atoms with Crippen molar-refractivity contribution in [1.82, 2.24) is 5.32 Å². The van der Waals surface area contributed by atoms with E-state index in [0.717, 1.165) is 16.1 Å². The molecule has 0 radical (unpaired) electrons. The maximum absolute atomic E-state index is 12.9. The molecule has 1 aliphatic heterocycles. The summed E-state index contributed by atoms with van der Waals surface area (Å²) in [7, 11) is 0. The molecule has 1 aliphatic rings. The predicted molar refractivity (Wildman–Crippen MR) is 108 cm³/mol. The molecule has 8 heteroatoms. The predicted octanol–water partition coefficient (Wildman–Crippen LogP) is 2.76. The molecule has 152 valence electrons. The summed E-state index contributed by atoms with van der Waals surface area (Å²) in [4.78, 5) is 39.1. The molecular formula is C21H21FN2O4S. The number of nitrogens with one attached hydrogen (secondary N) is 1. The standard InChI is InChI=1S/C21H21FN2O4S/c1-29-18-4-2-3-17(10-18)24-12-15(9-20(24)26)21(27)28-13-19(25)23-11-14-5-7-16(22)8-6-14/h2-8,10,15H,9,11-13H2,1H3,(H,23,25)/t15-/m1/s1. The van der Waals surface area contributed by atoms with Gasteiger partial charge >= 0.3 is 5.97 Å². The van der Waals surface area contributed by atoms with Gasteiger partial charge in [-0.1, -0.05) is 18.2 Å². The van der Waals surface area contributed by atoms with E-state index < -0.39 is 24.4 Å². The first-order valence-corrected chi connectivity index (χ1v) is 10.3. The Hall–Kier alpha value is -2.87. The lowest BCUT2D eigenvalue weighted by atomic mass is 10.1. The Labute approximate surface area is 172 Å². The molecule has 2 aromatic rings. The summed E-state index contributed by atoms with van der Waals surface area (Å²) in [5.41, 5.74) is 1.48. The van der Waals surface area contributed by atoms with Crippen LogP contribution in [-0.2, 0) is 25.7 Å². The first-order valence-electron chi connectivity index (χ1n) is 9.08. The number of hydrogen-bond donors (Lipinski definition) is 1. The van der Waals surface area contributed by atoms with Gasteiger partial charge in [-0.05, 0) is 42.2 Å². The van der Waals surface area contributed by atoms with Crippen molar-refractivity contribution in [3.8, 4) is 0 Å². The van der Waals surface area contributed by atoms with Crippen LogP contribution in [0, 0.1) is 11.7 Å². The van der Waals surface area contributed by atoms with Crippen LogP contribution >= 0.6 is 11.8 Å². The van der Waals surface area contributed by atoms with Crippen LogP contribution in [0.2, 0.25) is 0 Å². The molecule has 2 amide bonds. The van der Waals surface area contributed by atoms with Crippen LogP contribution in [0.5, 0.6) is 0 Å². The molecule has 6 nitrogen and oxygen atoms in total. The van der Waals surface area contributed by atoms with Crippen molar-refractivity contribution in [3.63, 3.8) is 0 Å². The third-order valence-electron chi connectivity index (χ3n) is 4.57. The van der Waals surface area contributed by atoms with Gasteiger partial charge in [0.1, 0.15) is 5.82 Å². The number of benzene rings is 2. The molecule has 1 heterocycles. The summed E-state index contributed by atoms with van der Waals surface area (Å²) in [6.07, 6.45) is 2.01. The molecule has 29 heavy (non-hydrogen) atoms. The van der Waals surface area contributed by atoms with Gasteiger partial charge in [-0.25, -0.2) is 4.39 Å². The fourth-order valence-electron chi connectivity index (χ4n) is 3.00. The van der Waals surface area contributed by atoms with E-state index in [-0.39, 0.29) is 31.2 Å². The fourth-order valence-corrected chi connectivity index (χ4v) is 3.46. The Bertz CT molecular complexity index is 904. The lowest BCUT2D eigenvalue weighted by Crippen LogP contribution is -2.31. The Morgan fingerprint density at radius 2 is 2.00 bits per heavy atom. The second kappa shape index (κ2) is 9.56. The second-order valence-electron chi connectivity index (χ2n) is 6.62. The number of hydrogen-bond acceptors (Lipinski definition) is 5. The summed E-state index contributed by atoms with van der Waals surface area (Å²) in [5, 5.41) is 2.60. The van der Waals surface area contributed by atoms with E-state index in [9.17, 15) is 18.8 Å². The molecule has 0 aromatic heterocycles. The van der Waals surface area contributed by atoms with E-state index in [1.807, 2.05) is 30.5 Å². The van der Waals surface area contributed by atoms with E-state index in [4.69, 9.17) is 4.74 Å². The molecule has 3 rings (SSSR count). The third-order valence-corrected chi connectivity index (χ3v) is 5.30. The SMILES string of the molecule is CSc1cccc(N2C[C@H](C(=O)OCC(=O)NCc3ccc(F)cc3)CC2=O)c1. The normalized spacial score (nSPS) is 16.0. The molecule has 0 bridgehead atoms. The minimum absolute atomic E-state index is 0.0551. The highest BCUT2D eigenvalue weighted by Gasteiger charge is 2.36. The highest BCUT2D eigenvalue weighted by atomic mass is 32.2. The van der Waals surface area contributed by atoms with Gasteiger partial charge in [-0.15, -0.1) is 11.8 Å². The zero-order valence-electron chi connectivity index (χ0n) is 15.9. The summed E-state index contributed by atoms with van der Waals surface area (Å²) in [6.45, 7) is 0.0114. The first-order chi connectivity index (χ1) is 14.0. The van der Waals surface area contributed by atoms with E-state index in [1.165, 1.54) is 12.1 Å². The minimum atomic E-state index is -0.606. The average molecular weight is 416 g/mol. The van der Waals surface area contributed by atoms with Gasteiger partial charge in [0.25, 0.3) is 5.91 Å². The van der Waals surface area contributed by atoms with Crippen molar-refractivity contribution in [1.29, 1.82) is 0 Å². The van der Waals surface area contributed by atoms with Gasteiger partial charge in [0.2, 0.25) is 5.91 Å². The summed E-state index contributed by atoms with van der Waals surface area (Å²) in [5.74, 6) is -2.14. The van der Waals surface area contributed by atoms with Crippen molar-refractivity contribution in [2.45, 2.75) is 17.9 Å². The number of carbonyl (C=O) groups excluding carboxylic acids is 3. The highest BCUT2D eigenvalue weighted by molar-refractivity contribution is 7.98. The van der Waals surface area contributed by atoms with Crippen molar-refractivity contribution in [2.24, 2.45) is 5.92 Å². The van der Waals surface area contributed by atoms with E-state index in [1.54, 1.807) is 28.8 Å². The van der Waals surface area contributed by atoms with Crippen LogP contribution in [0.3, 0.4) is 0 Å². The lowest BCUT2D eigenvalue weighted by molar-refractivity contribution is -0.152. The van der Waals surface area contributed by atoms with E-state index in [2.05, 4.69) is 5.32 Å². The van der Waals surface area contributed by atoms with Crippen molar-refractivity contribution in [2.75, 3.05) is 24.3 Å². The largest absolute Gasteiger partial charge is 0.455 e. The summed E-state index contributed by atoms with van der Waals surface area (Å²) in [6, 6.07) is 13.3. The number of carbonyl (C=O) groups is 3. The van der Waals surface area contributed by atoms with Crippen LogP contribution in [0.15, 0.2) is 53.4 Å². The van der Waals surface area contributed by atoms with Crippen LogP contribution in [0.25, 0.3) is 0 Å². The zero-order valence-corrected chi connectivity index (χ0v) is 16.7. The van der Waals surface area contributed by atoms with Crippen molar-refractivity contribution >= 4 is 35.2 Å². The smallest absolute Gasteiger partial charge is 0.311 e. The number of ether oxygens (including phenoxy) is 1.